The van der Waals surface area contributed by atoms with Gasteiger partial charge in [0, 0.05) is 12.6 Å². The molecule has 1 aliphatic rings. The number of benzene rings is 1. The van der Waals surface area contributed by atoms with E-state index in [2.05, 4.69) is 10.6 Å². The average molecular weight is 534 g/mol. The SMILES string of the molecule is CCCN(C(=O)C(CCSC)NC(=O)OC(C)(C)C)C(C(=O)NC1CCCCC1)c1c(C)cccc1C. The number of hydrogen-bond acceptors (Lipinski definition) is 5. The number of rotatable bonds is 11. The number of aryl methyl sites for hydroxylation is 2. The average Bonchev–Trinajstić information content (AvgIpc) is 2.82. The minimum absolute atomic E-state index is 0.124. The number of hydrogen-bond donors (Lipinski definition) is 2. The fourth-order valence-electron chi connectivity index (χ4n) is 4.96. The molecule has 0 aromatic heterocycles. The van der Waals surface area contributed by atoms with E-state index >= 15 is 0 Å². The van der Waals surface area contributed by atoms with Crippen molar-refractivity contribution < 1.29 is 19.1 Å². The predicted molar refractivity (Wildman–Crippen MR) is 152 cm³/mol. The highest BCUT2D eigenvalue weighted by Crippen LogP contribution is 2.30. The summed E-state index contributed by atoms with van der Waals surface area (Å²) in [6, 6.07) is 4.51. The Balaban J connectivity index is 2.47. The van der Waals surface area contributed by atoms with Gasteiger partial charge in [-0.3, -0.25) is 9.59 Å². The second-order valence-electron chi connectivity index (χ2n) is 11.1. The van der Waals surface area contributed by atoms with Crippen LogP contribution < -0.4 is 10.6 Å². The van der Waals surface area contributed by atoms with Crippen molar-refractivity contribution in [1.29, 1.82) is 0 Å². The zero-order valence-corrected chi connectivity index (χ0v) is 24.6. The van der Waals surface area contributed by atoms with Crippen molar-refractivity contribution in [2.45, 2.75) is 110 Å². The van der Waals surface area contributed by atoms with Crippen LogP contribution in [0.3, 0.4) is 0 Å². The molecule has 1 fully saturated rings. The standard InChI is InChI=1S/C29H47N3O4S/c1-8-18-32(27(34)23(17-19-37-7)31-28(35)36-29(4,5)6)25(24-20(2)13-12-14-21(24)3)26(33)30-22-15-10-9-11-16-22/h12-14,22-23,25H,8-11,15-19H2,1-7H3,(H,30,33)(H,31,35). The molecule has 2 N–H and O–H groups in total. The van der Waals surface area contributed by atoms with Crippen molar-refractivity contribution in [2.75, 3.05) is 18.6 Å². The Morgan fingerprint density at radius 3 is 2.27 bits per heavy atom. The maximum atomic E-state index is 14.1. The van der Waals surface area contributed by atoms with E-state index in [9.17, 15) is 14.4 Å². The van der Waals surface area contributed by atoms with Crippen LogP contribution in [0.25, 0.3) is 0 Å². The van der Waals surface area contributed by atoms with Crippen LogP contribution in [-0.4, -0.2) is 59.0 Å². The lowest BCUT2D eigenvalue weighted by atomic mass is 9.91. The van der Waals surface area contributed by atoms with E-state index in [-0.39, 0.29) is 17.9 Å². The largest absolute Gasteiger partial charge is 0.444 e. The molecule has 0 aliphatic heterocycles. The quantitative estimate of drug-likeness (QED) is 0.382. The highest BCUT2D eigenvalue weighted by molar-refractivity contribution is 7.98. The van der Waals surface area contributed by atoms with E-state index in [1.807, 2.05) is 45.2 Å². The first kappa shape index (κ1) is 31.0. The summed E-state index contributed by atoms with van der Waals surface area (Å²) in [5, 5.41) is 6.08. The van der Waals surface area contributed by atoms with E-state index in [4.69, 9.17) is 4.74 Å². The molecule has 7 nitrogen and oxygen atoms in total. The van der Waals surface area contributed by atoms with E-state index < -0.39 is 23.8 Å². The summed E-state index contributed by atoms with van der Waals surface area (Å²) in [5.74, 6) is 0.286. The monoisotopic (exact) mass is 533 g/mol. The number of nitrogens with one attached hydrogen (secondary N) is 2. The maximum Gasteiger partial charge on any atom is 0.408 e. The molecule has 1 aromatic carbocycles. The summed E-state index contributed by atoms with van der Waals surface area (Å²) in [6.45, 7) is 11.8. The van der Waals surface area contributed by atoms with Gasteiger partial charge in [-0.05, 0) is 89.0 Å². The molecule has 2 atom stereocenters. The number of amides is 3. The Bertz CT molecular complexity index is 889. The Kier molecular flexibility index (Phi) is 12.3. The van der Waals surface area contributed by atoms with Gasteiger partial charge in [-0.25, -0.2) is 4.79 Å². The first-order valence-electron chi connectivity index (χ1n) is 13.6. The molecule has 2 rings (SSSR count). The lowest BCUT2D eigenvalue weighted by Gasteiger charge is -2.36. The molecule has 8 heteroatoms. The normalized spacial score (nSPS) is 16.0. The van der Waals surface area contributed by atoms with Crippen molar-refractivity contribution in [3.63, 3.8) is 0 Å². The molecule has 37 heavy (non-hydrogen) atoms. The third-order valence-electron chi connectivity index (χ3n) is 6.67. The third-order valence-corrected chi connectivity index (χ3v) is 7.32. The Morgan fingerprint density at radius 2 is 1.73 bits per heavy atom. The molecule has 3 amide bonds. The van der Waals surface area contributed by atoms with Crippen molar-refractivity contribution in [2.24, 2.45) is 0 Å². The molecule has 0 bridgehead atoms. The van der Waals surface area contributed by atoms with Gasteiger partial charge in [0.25, 0.3) is 0 Å². The van der Waals surface area contributed by atoms with Crippen LogP contribution in [0.5, 0.6) is 0 Å². The van der Waals surface area contributed by atoms with Gasteiger partial charge in [-0.2, -0.15) is 11.8 Å². The second kappa shape index (κ2) is 14.6. The van der Waals surface area contributed by atoms with Crippen LogP contribution in [0.2, 0.25) is 0 Å². The van der Waals surface area contributed by atoms with Crippen LogP contribution >= 0.6 is 11.8 Å². The topological polar surface area (TPSA) is 87.7 Å². The van der Waals surface area contributed by atoms with Gasteiger partial charge in [0.05, 0.1) is 0 Å². The Morgan fingerprint density at radius 1 is 1.11 bits per heavy atom. The maximum absolute atomic E-state index is 14.1. The van der Waals surface area contributed by atoms with Gasteiger partial charge in [-0.1, -0.05) is 44.4 Å². The first-order valence-corrected chi connectivity index (χ1v) is 15.0. The summed E-state index contributed by atoms with van der Waals surface area (Å²) < 4.78 is 5.46. The zero-order chi connectivity index (χ0) is 27.6. The number of alkyl carbamates (subject to hydrolysis) is 1. The summed E-state index contributed by atoms with van der Waals surface area (Å²) in [4.78, 5) is 42.5. The summed E-state index contributed by atoms with van der Waals surface area (Å²) >= 11 is 1.61. The molecule has 0 heterocycles. The Labute approximate surface area is 227 Å². The van der Waals surface area contributed by atoms with Crippen LogP contribution in [-0.2, 0) is 14.3 Å². The van der Waals surface area contributed by atoms with Gasteiger partial charge >= 0.3 is 6.09 Å². The van der Waals surface area contributed by atoms with Crippen molar-refractivity contribution in [3.8, 4) is 0 Å². The van der Waals surface area contributed by atoms with Crippen LogP contribution in [0.4, 0.5) is 4.79 Å². The van der Waals surface area contributed by atoms with Crippen molar-refractivity contribution in [1.82, 2.24) is 15.5 Å². The first-order chi connectivity index (χ1) is 17.5. The Hall–Kier alpha value is -2.22. The van der Waals surface area contributed by atoms with E-state index in [1.54, 1.807) is 37.4 Å². The summed E-state index contributed by atoms with van der Waals surface area (Å²) in [7, 11) is 0. The number of carbonyl (C=O) groups is 3. The molecule has 0 saturated heterocycles. The molecule has 208 valence electrons. The van der Waals surface area contributed by atoms with E-state index in [0.717, 1.165) is 42.4 Å². The van der Waals surface area contributed by atoms with Gasteiger partial charge in [0.2, 0.25) is 11.8 Å². The smallest absolute Gasteiger partial charge is 0.408 e. The zero-order valence-electron chi connectivity index (χ0n) is 23.8. The van der Waals surface area contributed by atoms with Gasteiger partial charge < -0.3 is 20.3 Å². The number of thioether (sulfide) groups is 1. The van der Waals surface area contributed by atoms with Crippen LogP contribution in [0.15, 0.2) is 18.2 Å². The number of carbonyl (C=O) groups excluding carboxylic acids is 3. The summed E-state index contributed by atoms with van der Waals surface area (Å²) in [5.41, 5.74) is 2.12. The fourth-order valence-corrected chi connectivity index (χ4v) is 5.44. The number of ether oxygens (including phenoxy) is 1. The molecular formula is C29H47N3O4S. The lowest BCUT2D eigenvalue weighted by molar-refractivity contribution is -0.143. The van der Waals surface area contributed by atoms with E-state index in [0.29, 0.717) is 25.1 Å². The molecular weight excluding hydrogens is 486 g/mol. The number of nitrogens with zero attached hydrogens (tertiary/aromatic N) is 1. The molecule has 0 spiro atoms. The van der Waals surface area contributed by atoms with E-state index in [1.165, 1.54) is 6.42 Å². The molecule has 1 saturated carbocycles. The second-order valence-corrected chi connectivity index (χ2v) is 12.0. The molecule has 1 aromatic rings. The van der Waals surface area contributed by atoms with Gasteiger partial charge in [-0.15, -0.1) is 0 Å². The minimum atomic E-state index is -0.789. The van der Waals surface area contributed by atoms with Crippen molar-refractivity contribution >= 4 is 29.7 Å². The van der Waals surface area contributed by atoms with Gasteiger partial charge in [0.1, 0.15) is 17.7 Å². The van der Waals surface area contributed by atoms with Crippen LogP contribution in [0, 0.1) is 13.8 Å². The van der Waals surface area contributed by atoms with Crippen molar-refractivity contribution in [3.05, 3.63) is 34.9 Å². The highest BCUT2D eigenvalue weighted by atomic mass is 32.2. The summed E-state index contributed by atoms with van der Waals surface area (Å²) in [6.07, 6.45) is 7.80. The minimum Gasteiger partial charge on any atom is -0.444 e. The lowest BCUT2D eigenvalue weighted by Crippen LogP contribution is -2.54. The predicted octanol–water partition coefficient (Wildman–Crippen LogP) is 5.68. The fraction of sp³-hybridized carbons (Fsp3) is 0.690. The highest BCUT2D eigenvalue weighted by Gasteiger charge is 2.37. The van der Waals surface area contributed by atoms with Gasteiger partial charge in [0.15, 0.2) is 0 Å². The molecule has 1 aliphatic carbocycles. The molecule has 0 radical (unpaired) electrons. The molecule has 2 unspecified atom stereocenters. The van der Waals surface area contributed by atoms with Crippen LogP contribution in [0.1, 0.15) is 95.4 Å². The third kappa shape index (κ3) is 9.55.